The summed E-state index contributed by atoms with van der Waals surface area (Å²) in [4.78, 5) is 29.2. The van der Waals surface area contributed by atoms with Crippen molar-refractivity contribution in [1.82, 2.24) is 9.88 Å². The maximum absolute atomic E-state index is 12.3. The van der Waals surface area contributed by atoms with Gasteiger partial charge in [-0.3, -0.25) is 4.79 Å². The van der Waals surface area contributed by atoms with E-state index in [2.05, 4.69) is 4.98 Å². The van der Waals surface area contributed by atoms with Crippen LogP contribution in [0, 0.1) is 0 Å². The third-order valence-electron chi connectivity index (χ3n) is 4.04. The van der Waals surface area contributed by atoms with Crippen LogP contribution in [0.4, 0.5) is 0 Å². The number of allylic oxidation sites excluding steroid dienone is 1. The van der Waals surface area contributed by atoms with Gasteiger partial charge in [0.25, 0.3) is 0 Å². The number of esters is 1. The molecule has 1 N–H and O–H groups in total. The highest BCUT2D eigenvalue weighted by Gasteiger charge is 2.29. The van der Waals surface area contributed by atoms with E-state index in [1.807, 2.05) is 50.4 Å². The van der Waals surface area contributed by atoms with Gasteiger partial charge in [-0.05, 0) is 25.5 Å². The molecule has 2 aromatic rings. The van der Waals surface area contributed by atoms with Gasteiger partial charge >= 0.3 is 5.97 Å². The largest absolute Gasteiger partial charge is 0.467 e. The molecule has 0 aliphatic rings. The van der Waals surface area contributed by atoms with E-state index in [0.29, 0.717) is 13.0 Å². The molecule has 128 valence electrons. The first-order chi connectivity index (χ1) is 11.4. The van der Waals surface area contributed by atoms with Crippen molar-refractivity contribution in [2.45, 2.75) is 33.2 Å². The molecule has 1 atom stereocenters. The number of methoxy groups -OCH3 is 1. The fourth-order valence-corrected chi connectivity index (χ4v) is 2.72. The molecule has 5 heteroatoms. The fraction of sp³-hybridized carbons (Fsp3) is 0.368. The Kier molecular flexibility index (Phi) is 5.79. The monoisotopic (exact) mass is 328 g/mol. The van der Waals surface area contributed by atoms with E-state index in [4.69, 9.17) is 4.74 Å². The minimum Gasteiger partial charge on any atom is -0.467 e. The highest BCUT2D eigenvalue weighted by Crippen LogP contribution is 2.21. The van der Waals surface area contributed by atoms with Crippen molar-refractivity contribution in [2.24, 2.45) is 0 Å². The lowest BCUT2D eigenvalue weighted by atomic mass is 10.0. The van der Waals surface area contributed by atoms with Crippen LogP contribution in [0.5, 0.6) is 0 Å². The van der Waals surface area contributed by atoms with Gasteiger partial charge in [0.2, 0.25) is 5.91 Å². The summed E-state index contributed by atoms with van der Waals surface area (Å²) in [6, 6.07) is 7.25. The standard InChI is InChI=1S/C19H24N2O3/c1-13(2)9-10-21(14(3)22)18(19(23)24-4)11-15-12-20-17-8-6-5-7-16(15)17/h5-9,12,18,20H,10-11H2,1-4H3. The number of para-hydroxylation sites is 1. The third-order valence-corrected chi connectivity index (χ3v) is 4.04. The number of aromatic nitrogens is 1. The summed E-state index contributed by atoms with van der Waals surface area (Å²) < 4.78 is 4.95. The number of benzene rings is 1. The summed E-state index contributed by atoms with van der Waals surface area (Å²) in [5, 5.41) is 1.05. The van der Waals surface area contributed by atoms with Crippen LogP contribution in [0.3, 0.4) is 0 Å². The summed E-state index contributed by atoms with van der Waals surface area (Å²) in [5.74, 6) is -0.555. The second kappa shape index (κ2) is 7.81. The number of hydrogen-bond donors (Lipinski definition) is 1. The van der Waals surface area contributed by atoms with Gasteiger partial charge in [0, 0.05) is 37.0 Å². The van der Waals surface area contributed by atoms with Crippen LogP contribution in [0.25, 0.3) is 10.9 Å². The zero-order chi connectivity index (χ0) is 17.7. The van der Waals surface area contributed by atoms with Crippen molar-refractivity contribution in [3.05, 3.63) is 47.7 Å². The van der Waals surface area contributed by atoms with Crippen molar-refractivity contribution in [3.63, 3.8) is 0 Å². The average molecular weight is 328 g/mol. The van der Waals surface area contributed by atoms with Crippen molar-refractivity contribution in [3.8, 4) is 0 Å². The Morgan fingerprint density at radius 2 is 1.96 bits per heavy atom. The summed E-state index contributed by atoms with van der Waals surface area (Å²) in [6.45, 7) is 5.79. The van der Waals surface area contributed by atoms with Crippen LogP contribution in [-0.4, -0.2) is 41.5 Å². The number of H-pyrrole nitrogens is 1. The van der Waals surface area contributed by atoms with Crippen molar-refractivity contribution in [2.75, 3.05) is 13.7 Å². The molecule has 0 bridgehead atoms. The van der Waals surface area contributed by atoms with Crippen molar-refractivity contribution in [1.29, 1.82) is 0 Å². The van der Waals surface area contributed by atoms with E-state index < -0.39 is 12.0 Å². The van der Waals surface area contributed by atoms with Gasteiger partial charge in [-0.25, -0.2) is 4.79 Å². The molecule has 0 fully saturated rings. The summed E-state index contributed by atoms with van der Waals surface area (Å²) >= 11 is 0. The van der Waals surface area contributed by atoms with Crippen LogP contribution in [0.1, 0.15) is 26.3 Å². The number of ether oxygens (including phenoxy) is 1. The summed E-state index contributed by atoms with van der Waals surface area (Å²) in [5.41, 5.74) is 3.09. The molecule has 0 aliphatic carbocycles. The van der Waals surface area contributed by atoms with Gasteiger partial charge in [-0.2, -0.15) is 0 Å². The van der Waals surface area contributed by atoms with Crippen LogP contribution < -0.4 is 0 Å². The lowest BCUT2D eigenvalue weighted by Gasteiger charge is -2.28. The summed E-state index contributed by atoms with van der Waals surface area (Å²) in [6.07, 6.45) is 4.24. The predicted molar refractivity (Wildman–Crippen MR) is 94.6 cm³/mol. The van der Waals surface area contributed by atoms with Gasteiger partial charge in [-0.15, -0.1) is 0 Å². The Morgan fingerprint density at radius 3 is 2.58 bits per heavy atom. The number of hydrogen-bond acceptors (Lipinski definition) is 3. The van der Waals surface area contributed by atoms with E-state index in [1.54, 1.807) is 4.90 Å². The highest BCUT2D eigenvalue weighted by molar-refractivity contribution is 5.86. The lowest BCUT2D eigenvalue weighted by molar-refractivity contribution is -0.151. The first kappa shape index (κ1) is 17.8. The summed E-state index contributed by atoms with van der Waals surface area (Å²) in [7, 11) is 1.35. The SMILES string of the molecule is COC(=O)C(Cc1c[nH]c2ccccc12)N(CC=C(C)C)C(C)=O. The van der Waals surface area contributed by atoms with Crippen molar-refractivity contribution < 1.29 is 14.3 Å². The van der Waals surface area contributed by atoms with Gasteiger partial charge < -0.3 is 14.6 Å². The maximum atomic E-state index is 12.3. The quantitative estimate of drug-likeness (QED) is 0.655. The molecule has 0 saturated carbocycles. The van der Waals surface area contributed by atoms with E-state index in [0.717, 1.165) is 22.0 Å². The fourth-order valence-electron chi connectivity index (χ4n) is 2.72. The zero-order valence-electron chi connectivity index (χ0n) is 14.6. The Bertz CT molecular complexity index is 757. The molecule has 0 aliphatic heterocycles. The minimum atomic E-state index is -0.651. The highest BCUT2D eigenvalue weighted by atomic mass is 16.5. The topological polar surface area (TPSA) is 62.4 Å². The average Bonchev–Trinajstić information content (AvgIpc) is 2.96. The molecule has 1 aromatic carbocycles. The molecular formula is C19H24N2O3. The molecule has 5 nitrogen and oxygen atoms in total. The third kappa shape index (κ3) is 4.04. The van der Waals surface area contributed by atoms with Gasteiger partial charge in [0.1, 0.15) is 6.04 Å². The normalized spacial score (nSPS) is 11.8. The number of carbonyl (C=O) groups excluding carboxylic acids is 2. The molecule has 1 unspecified atom stereocenters. The molecule has 0 radical (unpaired) electrons. The number of fused-ring (bicyclic) bond motifs is 1. The molecule has 1 amide bonds. The van der Waals surface area contributed by atoms with E-state index in [9.17, 15) is 9.59 Å². The van der Waals surface area contributed by atoms with E-state index in [-0.39, 0.29) is 5.91 Å². The molecule has 0 saturated heterocycles. The predicted octanol–water partition coefficient (Wildman–Crippen LogP) is 3.07. The van der Waals surface area contributed by atoms with Gasteiger partial charge in [0.15, 0.2) is 0 Å². The number of rotatable bonds is 6. The Hall–Kier alpha value is -2.56. The van der Waals surface area contributed by atoms with Gasteiger partial charge in [-0.1, -0.05) is 29.8 Å². The number of aromatic amines is 1. The Morgan fingerprint density at radius 1 is 1.25 bits per heavy atom. The van der Waals surface area contributed by atoms with E-state index in [1.165, 1.54) is 14.0 Å². The van der Waals surface area contributed by atoms with Crippen molar-refractivity contribution >= 4 is 22.8 Å². The number of nitrogens with zero attached hydrogens (tertiary/aromatic N) is 1. The second-order valence-corrected chi connectivity index (χ2v) is 6.06. The molecular weight excluding hydrogens is 304 g/mol. The Labute approximate surface area is 142 Å². The molecule has 1 heterocycles. The first-order valence-electron chi connectivity index (χ1n) is 7.97. The maximum Gasteiger partial charge on any atom is 0.328 e. The minimum absolute atomic E-state index is 0.150. The van der Waals surface area contributed by atoms with Crippen LogP contribution in [-0.2, 0) is 20.7 Å². The Balaban J connectivity index is 2.35. The van der Waals surface area contributed by atoms with Crippen LogP contribution in [0.15, 0.2) is 42.1 Å². The number of nitrogens with one attached hydrogen (secondary N) is 1. The number of carbonyl (C=O) groups is 2. The molecule has 2 rings (SSSR count). The zero-order valence-corrected chi connectivity index (χ0v) is 14.6. The van der Waals surface area contributed by atoms with Crippen LogP contribution >= 0.6 is 0 Å². The number of amides is 1. The van der Waals surface area contributed by atoms with Gasteiger partial charge in [0.05, 0.1) is 7.11 Å². The molecule has 24 heavy (non-hydrogen) atoms. The lowest BCUT2D eigenvalue weighted by Crippen LogP contribution is -2.46. The molecule has 1 aromatic heterocycles. The first-order valence-corrected chi connectivity index (χ1v) is 7.97. The molecule has 0 spiro atoms. The second-order valence-electron chi connectivity index (χ2n) is 6.06. The van der Waals surface area contributed by atoms with Crippen LogP contribution in [0.2, 0.25) is 0 Å². The smallest absolute Gasteiger partial charge is 0.328 e. The van der Waals surface area contributed by atoms with E-state index >= 15 is 0 Å².